The largest absolute Gasteiger partial charge is 0.790 e. The van der Waals surface area contributed by atoms with Crippen LogP contribution < -0.4 is 25.1 Å². The molecule has 0 amide bonds. The highest BCUT2D eigenvalue weighted by Crippen LogP contribution is 2.60. The molecule has 0 aromatic carbocycles. The van der Waals surface area contributed by atoms with Gasteiger partial charge in [0.1, 0.15) is 23.8 Å². The summed E-state index contributed by atoms with van der Waals surface area (Å²) in [6, 6.07) is 0. The summed E-state index contributed by atoms with van der Waals surface area (Å²) in [5.41, 5.74) is 0.224. The van der Waals surface area contributed by atoms with Crippen molar-refractivity contribution < 1.29 is 61.4 Å². The minimum absolute atomic E-state index is 0.0175. The van der Waals surface area contributed by atoms with Crippen LogP contribution in [0.2, 0.25) is 0 Å². The van der Waals surface area contributed by atoms with Crippen LogP contribution in [0.4, 0.5) is 0 Å². The Morgan fingerprint density at radius 2 is 1.75 bits per heavy atom. The molecule has 1 aliphatic rings. The second kappa shape index (κ2) is 8.77. The summed E-state index contributed by atoms with van der Waals surface area (Å²) in [7, 11) is -16.5. The first-order chi connectivity index (χ1) is 14.6. The van der Waals surface area contributed by atoms with E-state index in [0.29, 0.717) is 0 Å². The number of aromatic nitrogens is 4. The molecule has 1 fully saturated rings. The van der Waals surface area contributed by atoms with E-state index in [0.717, 1.165) is 6.33 Å². The van der Waals surface area contributed by atoms with Crippen LogP contribution in [-0.4, -0.2) is 54.2 Å². The third kappa shape index (κ3) is 5.58. The number of hydrogen-bond acceptors (Lipinski definition) is 16. The highest BCUT2D eigenvalue weighted by atomic mass is 31.3. The Morgan fingerprint density at radius 3 is 2.38 bits per heavy atom. The van der Waals surface area contributed by atoms with Crippen molar-refractivity contribution in [3.05, 3.63) is 18.1 Å². The summed E-state index contributed by atoms with van der Waals surface area (Å²) in [5.74, 6) is 0. The fourth-order valence-electron chi connectivity index (χ4n) is 2.75. The molecule has 18 nitrogen and oxygen atoms in total. The van der Waals surface area contributed by atoms with Crippen molar-refractivity contribution in [3.63, 3.8) is 0 Å². The van der Waals surface area contributed by atoms with Crippen LogP contribution in [0.25, 0.3) is 11.2 Å². The van der Waals surface area contributed by atoms with Crippen molar-refractivity contribution in [2.24, 2.45) is 7.05 Å². The highest BCUT2D eigenvalue weighted by Gasteiger charge is 2.45. The highest BCUT2D eigenvalue weighted by molar-refractivity contribution is 7.64. The molecule has 0 bridgehead atoms. The van der Waals surface area contributed by atoms with Gasteiger partial charge in [0.2, 0.25) is 0 Å². The lowest BCUT2D eigenvalue weighted by Gasteiger charge is -2.37. The van der Waals surface area contributed by atoms with Gasteiger partial charge in [-0.05, 0) is 0 Å². The molecule has 2 aromatic rings. The number of rotatable bonds is 8. The van der Waals surface area contributed by atoms with Crippen LogP contribution in [0.1, 0.15) is 6.23 Å². The van der Waals surface area contributed by atoms with Gasteiger partial charge in [0.15, 0.2) is 17.4 Å². The summed E-state index contributed by atoms with van der Waals surface area (Å²) in [4.78, 5) is 51.5. The van der Waals surface area contributed by atoms with Crippen molar-refractivity contribution in [1.82, 2.24) is 19.1 Å². The van der Waals surface area contributed by atoms with E-state index in [1.165, 1.54) is 15.5 Å². The van der Waals surface area contributed by atoms with Crippen LogP contribution in [0.15, 0.2) is 12.7 Å². The number of fused-ring (bicyclic) bond motifs is 1. The lowest BCUT2D eigenvalue weighted by Crippen LogP contribution is -2.34. The van der Waals surface area contributed by atoms with E-state index in [9.17, 15) is 43.5 Å². The number of nitrogens with zero attached hydrogens (tertiary/aromatic N) is 4. The minimum Gasteiger partial charge on any atom is -0.790 e. The summed E-state index contributed by atoms with van der Waals surface area (Å²) >= 11 is 0. The molecule has 0 radical (unpaired) electrons. The molecule has 3 rings (SSSR count). The van der Waals surface area contributed by atoms with Crippen LogP contribution in [0.3, 0.4) is 0 Å². The van der Waals surface area contributed by atoms with Gasteiger partial charge in [-0.3, -0.25) is 23.4 Å². The van der Waals surface area contributed by atoms with E-state index in [2.05, 4.69) is 23.1 Å². The Hall–Kier alpha value is -1.36. The molecule has 32 heavy (non-hydrogen) atoms. The lowest BCUT2D eigenvalue weighted by atomic mass is 10.1. The number of aliphatic hydroxyl groups is 2. The Labute approximate surface area is 177 Å². The van der Waals surface area contributed by atoms with Gasteiger partial charge in [-0.15, -0.1) is 0 Å². The van der Waals surface area contributed by atoms with E-state index in [1.807, 2.05) is 0 Å². The van der Waals surface area contributed by atoms with E-state index in [-0.39, 0.29) is 16.7 Å². The molecule has 3 heterocycles. The molecule has 6 atom stereocenters. The normalized spacial score (nSPS) is 28.0. The Morgan fingerprint density at radius 1 is 1.09 bits per heavy atom. The average molecular weight is 517 g/mol. The number of nitrogens with one attached hydrogen (secondary N) is 1. The number of aliphatic hydroxyl groups excluding tert-OH is 2. The molecular weight excluding hydrogens is 503 g/mol. The topological polar surface area (TPSA) is 280 Å². The number of phosphoric ester groups is 1. The Bertz CT molecular complexity index is 1210. The zero-order chi connectivity index (χ0) is 24.1. The van der Waals surface area contributed by atoms with Gasteiger partial charge >= 0.3 is 0 Å². The van der Waals surface area contributed by atoms with Gasteiger partial charge in [-0.25, -0.2) is 14.3 Å². The summed E-state index contributed by atoms with van der Waals surface area (Å²) < 4.78 is 51.7. The van der Waals surface area contributed by atoms with Gasteiger partial charge in [-0.2, -0.15) is 0 Å². The van der Waals surface area contributed by atoms with Crippen molar-refractivity contribution in [1.29, 1.82) is 5.41 Å². The monoisotopic (exact) mass is 517 g/mol. The smallest absolute Gasteiger partial charge is 0.278 e. The maximum absolute atomic E-state index is 11.6. The van der Waals surface area contributed by atoms with Crippen molar-refractivity contribution >= 4 is 34.6 Å². The van der Waals surface area contributed by atoms with Crippen LogP contribution >= 0.6 is 23.5 Å². The maximum Gasteiger partial charge on any atom is 0.278 e. The lowest BCUT2D eigenvalue weighted by molar-refractivity contribution is -0.339. The molecule has 180 valence electrons. The number of aryl methyl sites for hydroxylation is 1. The predicted octanol–water partition coefficient (Wildman–Crippen LogP) is -4.32. The first-order valence-electron chi connectivity index (χ1n) is 8.26. The molecule has 2 aromatic heterocycles. The third-order valence-electron chi connectivity index (χ3n) is 4.11. The zero-order valence-electron chi connectivity index (χ0n) is 15.7. The van der Waals surface area contributed by atoms with Crippen molar-refractivity contribution in [2.45, 2.75) is 24.5 Å². The fraction of sp³-hybridized carbons (Fsp3) is 0.545. The molecule has 6 unspecified atom stereocenters. The van der Waals surface area contributed by atoms with Crippen molar-refractivity contribution in [2.75, 3.05) is 6.61 Å². The predicted molar refractivity (Wildman–Crippen MR) is 89.2 cm³/mol. The molecule has 0 spiro atoms. The Kier molecular flexibility index (Phi) is 6.93. The van der Waals surface area contributed by atoms with Gasteiger partial charge in [0.25, 0.3) is 15.6 Å². The molecule has 1 aliphatic heterocycles. The van der Waals surface area contributed by atoms with Gasteiger partial charge in [0, 0.05) is 7.05 Å². The van der Waals surface area contributed by atoms with E-state index in [4.69, 9.17) is 10.1 Å². The van der Waals surface area contributed by atoms with Crippen LogP contribution in [-0.2, 0) is 38.6 Å². The summed E-state index contributed by atoms with van der Waals surface area (Å²) in [5, 5.41) is 28.4. The van der Waals surface area contributed by atoms with Gasteiger partial charge in [0.05, 0.1) is 27.1 Å². The van der Waals surface area contributed by atoms with Crippen LogP contribution in [0.5, 0.6) is 0 Å². The molecule has 3 N–H and O–H groups in total. The average Bonchev–Trinajstić information content (AvgIpc) is 3.16. The number of hydrogen-bond donors (Lipinski definition) is 3. The second-order valence-electron chi connectivity index (χ2n) is 6.38. The van der Waals surface area contributed by atoms with Crippen molar-refractivity contribution in [3.8, 4) is 0 Å². The minimum atomic E-state index is -6.14. The fourth-order valence-corrected chi connectivity index (χ4v) is 5.61. The standard InChI is InChI=1S/C11H18N5O13P3/c1-15-3-14-10-6(9(15)12)13-4-16(10)11-8(18)7(17)5(27-11)2-26-31(22,23)29-32(24,25)28-30(19,20)21/h3-5,7-8,11-12,17-18H,2H2,1H3,(H,22,23)(H,24,25)(H2,19,20,21)/p-4. The summed E-state index contributed by atoms with van der Waals surface area (Å²) in [6.45, 7) is -1.08. The van der Waals surface area contributed by atoms with Crippen LogP contribution in [0, 0.1) is 5.41 Å². The third-order valence-corrected chi connectivity index (χ3v) is 7.77. The summed E-state index contributed by atoms with van der Waals surface area (Å²) in [6.07, 6.45) is -3.85. The zero-order valence-corrected chi connectivity index (χ0v) is 18.4. The molecular formula is C11H14N5O13P3-4. The van der Waals surface area contributed by atoms with E-state index in [1.54, 1.807) is 7.05 Å². The first-order valence-corrected chi connectivity index (χ1v) is 12.6. The number of phosphoric acid groups is 3. The quantitative estimate of drug-likeness (QED) is 0.279. The Balaban J connectivity index is 1.72. The molecule has 0 aliphatic carbocycles. The van der Waals surface area contributed by atoms with Gasteiger partial charge < -0.3 is 48.2 Å². The second-order valence-corrected chi connectivity index (χ2v) is 10.6. The van der Waals surface area contributed by atoms with Gasteiger partial charge in [-0.1, -0.05) is 0 Å². The first kappa shape index (κ1) is 25.3. The molecule has 1 saturated heterocycles. The number of ether oxygens (including phenoxy) is 1. The maximum atomic E-state index is 11.6. The number of imidazole rings is 1. The molecule has 21 heteroatoms. The molecule has 0 saturated carbocycles. The van der Waals surface area contributed by atoms with E-state index < -0.39 is 54.6 Å². The SMILES string of the molecule is Cn1cnc2c(ncn2C2OC(COP(=O)([O-])OP(=O)([O-])OP(=O)([O-])[O-])C(O)C2O)c1=N. The van der Waals surface area contributed by atoms with E-state index >= 15 is 0 Å².